The van der Waals surface area contributed by atoms with Crippen molar-refractivity contribution in [2.75, 3.05) is 32.7 Å². The van der Waals surface area contributed by atoms with Crippen molar-refractivity contribution in [3.8, 4) is 6.07 Å². The van der Waals surface area contributed by atoms with Crippen LogP contribution < -0.4 is 0 Å². The third-order valence-electron chi connectivity index (χ3n) is 4.44. The number of hydrogen-bond acceptors (Lipinski definition) is 4. The van der Waals surface area contributed by atoms with Gasteiger partial charge in [0.05, 0.1) is 12.2 Å². The van der Waals surface area contributed by atoms with Crippen LogP contribution in [-0.4, -0.2) is 64.2 Å². The molecule has 24 heavy (non-hydrogen) atoms. The van der Waals surface area contributed by atoms with Gasteiger partial charge in [-0.15, -0.1) is 0 Å². The van der Waals surface area contributed by atoms with E-state index in [4.69, 9.17) is 5.26 Å². The average molecular weight is 326 g/mol. The fourth-order valence-corrected chi connectivity index (χ4v) is 3.30. The van der Waals surface area contributed by atoms with Crippen LogP contribution in [0.1, 0.15) is 17.4 Å². The van der Waals surface area contributed by atoms with Gasteiger partial charge in [-0.25, -0.2) is 0 Å². The Morgan fingerprint density at radius 2 is 2.00 bits per heavy atom. The van der Waals surface area contributed by atoms with E-state index >= 15 is 0 Å². The molecule has 2 heterocycles. The van der Waals surface area contributed by atoms with Gasteiger partial charge < -0.3 is 14.6 Å². The lowest BCUT2D eigenvalue weighted by atomic mass is 10.2. The largest absolute Gasteiger partial charge is 0.392 e. The molecule has 1 atom stereocenters. The number of carbonyl (C=O) groups excluding carboxylic acids is 1. The summed E-state index contributed by atoms with van der Waals surface area (Å²) in [6.45, 7) is 5.37. The maximum absolute atomic E-state index is 12.9. The lowest BCUT2D eigenvalue weighted by molar-refractivity contribution is 0.0546. The molecule has 0 saturated carbocycles. The Morgan fingerprint density at radius 3 is 2.67 bits per heavy atom. The van der Waals surface area contributed by atoms with Crippen LogP contribution in [0.25, 0.3) is 10.9 Å². The summed E-state index contributed by atoms with van der Waals surface area (Å²) < 4.78 is 1.79. The topological polar surface area (TPSA) is 72.5 Å². The number of carbonyl (C=O) groups is 1. The molecule has 6 heteroatoms. The Morgan fingerprint density at radius 1 is 1.29 bits per heavy atom. The van der Waals surface area contributed by atoms with E-state index in [1.165, 1.54) is 0 Å². The van der Waals surface area contributed by atoms with Crippen molar-refractivity contribution < 1.29 is 9.90 Å². The number of β-amino-alcohol motifs (C(OH)–C–C–N with tert-alkyl or cyclic N) is 1. The molecule has 3 rings (SSSR count). The highest BCUT2D eigenvalue weighted by Gasteiger charge is 2.25. The van der Waals surface area contributed by atoms with E-state index in [0.29, 0.717) is 25.3 Å². The summed E-state index contributed by atoms with van der Waals surface area (Å²) in [6.07, 6.45) is -0.356. The van der Waals surface area contributed by atoms with Crippen LogP contribution in [0.4, 0.5) is 0 Å². The number of para-hydroxylation sites is 1. The highest BCUT2D eigenvalue weighted by molar-refractivity contribution is 5.98. The van der Waals surface area contributed by atoms with Crippen molar-refractivity contribution in [3.05, 3.63) is 36.0 Å². The summed E-state index contributed by atoms with van der Waals surface area (Å²) >= 11 is 0. The first-order chi connectivity index (χ1) is 11.6. The molecule has 0 bridgehead atoms. The predicted molar refractivity (Wildman–Crippen MR) is 91.6 cm³/mol. The van der Waals surface area contributed by atoms with Gasteiger partial charge in [0.25, 0.3) is 5.91 Å². The van der Waals surface area contributed by atoms with E-state index in [-0.39, 0.29) is 18.6 Å². The molecular weight excluding hydrogens is 304 g/mol. The molecule has 1 aliphatic heterocycles. The lowest BCUT2D eigenvalue weighted by Crippen LogP contribution is -2.50. The highest BCUT2D eigenvalue weighted by atomic mass is 16.3. The zero-order chi connectivity index (χ0) is 17.1. The Kier molecular flexibility index (Phi) is 4.84. The van der Waals surface area contributed by atoms with Gasteiger partial charge in [0.1, 0.15) is 12.2 Å². The maximum atomic E-state index is 12.9. The van der Waals surface area contributed by atoms with Gasteiger partial charge in [-0.05, 0) is 19.1 Å². The SMILES string of the molecule is C[C@@H](O)CN1CCN(C(=O)c2cc3ccccc3n2CC#N)CC1. The number of piperazine rings is 1. The van der Waals surface area contributed by atoms with Crippen LogP contribution in [0, 0.1) is 11.3 Å². The monoisotopic (exact) mass is 326 g/mol. The molecule has 2 aromatic rings. The molecule has 0 spiro atoms. The van der Waals surface area contributed by atoms with E-state index in [2.05, 4.69) is 11.0 Å². The zero-order valence-electron chi connectivity index (χ0n) is 13.9. The Labute approximate surface area is 141 Å². The van der Waals surface area contributed by atoms with Crippen LogP contribution >= 0.6 is 0 Å². The van der Waals surface area contributed by atoms with E-state index in [1.807, 2.05) is 35.2 Å². The molecule has 1 aliphatic rings. The number of aliphatic hydroxyl groups excluding tert-OH is 1. The summed E-state index contributed by atoms with van der Waals surface area (Å²) in [5.74, 6) is -0.0295. The van der Waals surface area contributed by atoms with Crippen molar-refractivity contribution in [1.82, 2.24) is 14.4 Å². The Hall–Kier alpha value is -2.36. The first-order valence-corrected chi connectivity index (χ1v) is 8.25. The smallest absolute Gasteiger partial charge is 0.270 e. The van der Waals surface area contributed by atoms with E-state index in [1.54, 1.807) is 11.5 Å². The molecular formula is C18H22N4O2. The zero-order valence-corrected chi connectivity index (χ0v) is 13.9. The third-order valence-corrected chi connectivity index (χ3v) is 4.44. The quantitative estimate of drug-likeness (QED) is 0.919. The van der Waals surface area contributed by atoms with Crippen molar-refractivity contribution in [2.24, 2.45) is 0 Å². The van der Waals surface area contributed by atoms with Gasteiger partial charge in [0, 0.05) is 43.6 Å². The van der Waals surface area contributed by atoms with Crippen LogP contribution in [0.5, 0.6) is 0 Å². The van der Waals surface area contributed by atoms with E-state index in [9.17, 15) is 9.90 Å². The lowest BCUT2D eigenvalue weighted by Gasteiger charge is -2.35. The van der Waals surface area contributed by atoms with Crippen molar-refractivity contribution >= 4 is 16.8 Å². The molecule has 1 fully saturated rings. The number of amides is 1. The van der Waals surface area contributed by atoms with Crippen LogP contribution in [0.3, 0.4) is 0 Å². The standard InChI is InChI=1S/C18H22N4O2/c1-14(23)13-20-8-10-21(11-9-20)18(24)17-12-15-4-2-3-5-16(15)22(17)7-6-19/h2-5,12,14,23H,7-11,13H2,1H3/t14-/m1/s1. The number of hydrogen-bond donors (Lipinski definition) is 1. The summed E-state index contributed by atoms with van der Waals surface area (Å²) in [5.41, 5.74) is 1.48. The Balaban J connectivity index is 1.80. The highest BCUT2D eigenvalue weighted by Crippen LogP contribution is 2.21. The first-order valence-electron chi connectivity index (χ1n) is 8.25. The molecule has 1 saturated heterocycles. The fourth-order valence-electron chi connectivity index (χ4n) is 3.30. The first kappa shape index (κ1) is 16.5. The van der Waals surface area contributed by atoms with Gasteiger partial charge in [-0.3, -0.25) is 9.69 Å². The second-order valence-electron chi connectivity index (χ2n) is 6.27. The minimum atomic E-state index is -0.356. The van der Waals surface area contributed by atoms with Crippen LogP contribution in [0.2, 0.25) is 0 Å². The van der Waals surface area contributed by atoms with Crippen molar-refractivity contribution in [2.45, 2.75) is 19.6 Å². The molecule has 1 amide bonds. The number of aromatic nitrogens is 1. The number of rotatable bonds is 4. The van der Waals surface area contributed by atoms with Gasteiger partial charge in [0.2, 0.25) is 0 Å². The molecule has 6 nitrogen and oxygen atoms in total. The van der Waals surface area contributed by atoms with Crippen LogP contribution in [0.15, 0.2) is 30.3 Å². The molecule has 1 aromatic heterocycles. The van der Waals surface area contributed by atoms with E-state index < -0.39 is 0 Å². The molecule has 0 aliphatic carbocycles. The minimum absolute atomic E-state index is 0.0295. The maximum Gasteiger partial charge on any atom is 0.270 e. The number of nitrogens with zero attached hydrogens (tertiary/aromatic N) is 4. The third kappa shape index (κ3) is 3.28. The van der Waals surface area contributed by atoms with Crippen LogP contribution in [-0.2, 0) is 6.54 Å². The van der Waals surface area contributed by atoms with Gasteiger partial charge >= 0.3 is 0 Å². The van der Waals surface area contributed by atoms with Crippen molar-refractivity contribution in [3.63, 3.8) is 0 Å². The summed E-state index contributed by atoms with van der Waals surface area (Å²) in [5, 5.41) is 19.6. The normalized spacial score (nSPS) is 17.0. The molecule has 0 unspecified atom stereocenters. The number of fused-ring (bicyclic) bond motifs is 1. The van der Waals surface area contributed by atoms with E-state index in [0.717, 1.165) is 24.0 Å². The second kappa shape index (κ2) is 7.04. The van der Waals surface area contributed by atoms with Gasteiger partial charge in [0.15, 0.2) is 0 Å². The molecule has 1 N–H and O–H groups in total. The Bertz CT molecular complexity index is 767. The minimum Gasteiger partial charge on any atom is -0.392 e. The van der Waals surface area contributed by atoms with Gasteiger partial charge in [-0.1, -0.05) is 18.2 Å². The second-order valence-corrected chi connectivity index (χ2v) is 6.27. The average Bonchev–Trinajstić information content (AvgIpc) is 2.94. The molecule has 126 valence electrons. The summed E-state index contributed by atoms with van der Waals surface area (Å²) in [7, 11) is 0. The number of nitriles is 1. The van der Waals surface area contributed by atoms with Crippen molar-refractivity contribution in [1.29, 1.82) is 5.26 Å². The summed E-state index contributed by atoms with van der Waals surface area (Å²) in [4.78, 5) is 16.9. The molecule has 0 radical (unpaired) electrons. The molecule has 1 aromatic carbocycles. The van der Waals surface area contributed by atoms with Gasteiger partial charge in [-0.2, -0.15) is 5.26 Å². The number of aliphatic hydroxyl groups is 1. The predicted octanol–water partition coefficient (Wildman–Crippen LogP) is 1.30. The fraction of sp³-hybridized carbons (Fsp3) is 0.444. The summed E-state index contributed by atoms with van der Waals surface area (Å²) in [6, 6.07) is 11.8. The number of benzene rings is 1.